The third-order valence-corrected chi connectivity index (χ3v) is 3.90. The topological polar surface area (TPSA) is 55.8 Å². The number of aliphatic carboxylic acids is 1. The predicted octanol–water partition coefficient (Wildman–Crippen LogP) is 4.86. The Morgan fingerprint density at radius 2 is 1.42 bits per heavy atom. The number of carboxylic acid groups (broad SMARTS) is 1. The van der Waals surface area contributed by atoms with Crippen LogP contribution in [0.2, 0.25) is 0 Å². The summed E-state index contributed by atoms with van der Waals surface area (Å²) in [6.45, 7) is 1.97. The lowest BCUT2D eigenvalue weighted by atomic mass is 10.1. The van der Waals surface area contributed by atoms with Crippen LogP contribution >= 0.6 is 0 Å². The Balaban J connectivity index is 1.65. The Bertz CT molecular complexity index is 840. The number of benzene rings is 3. The second-order valence-electron chi connectivity index (χ2n) is 6.02. The first-order valence-electron chi connectivity index (χ1n) is 8.38. The zero-order chi connectivity index (χ0) is 18.4. The van der Waals surface area contributed by atoms with Crippen LogP contribution in [0.15, 0.2) is 78.9 Å². The monoisotopic (exact) mass is 348 g/mol. The molecule has 0 aliphatic rings. The number of hydrogen-bond donors (Lipinski definition) is 1. The molecule has 0 aromatic heterocycles. The van der Waals surface area contributed by atoms with Gasteiger partial charge in [-0.05, 0) is 48.9 Å². The maximum atomic E-state index is 11.5. The molecular weight excluding hydrogens is 328 g/mol. The first kappa shape index (κ1) is 17.5. The lowest BCUT2D eigenvalue weighted by Crippen LogP contribution is -2.29. The molecule has 3 aromatic rings. The van der Waals surface area contributed by atoms with E-state index < -0.39 is 12.1 Å². The number of carboxylic acids is 1. The molecule has 0 spiro atoms. The van der Waals surface area contributed by atoms with E-state index in [0.29, 0.717) is 11.5 Å². The normalized spacial score (nSPS) is 11.6. The van der Waals surface area contributed by atoms with Gasteiger partial charge in [-0.25, -0.2) is 4.79 Å². The molecule has 0 fully saturated rings. The summed E-state index contributed by atoms with van der Waals surface area (Å²) in [5, 5.41) is 9.45. The molecule has 0 saturated heterocycles. The van der Waals surface area contributed by atoms with Gasteiger partial charge < -0.3 is 14.6 Å². The van der Waals surface area contributed by atoms with Gasteiger partial charge in [0, 0.05) is 6.42 Å². The first-order chi connectivity index (χ1) is 12.6. The Labute approximate surface area is 152 Å². The summed E-state index contributed by atoms with van der Waals surface area (Å²) < 4.78 is 11.4. The minimum Gasteiger partial charge on any atom is -0.478 e. The van der Waals surface area contributed by atoms with Gasteiger partial charge in [0.15, 0.2) is 6.10 Å². The molecular formula is C22H20O4. The molecule has 132 valence electrons. The van der Waals surface area contributed by atoms with E-state index in [9.17, 15) is 9.90 Å². The minimum absolute atomic E-state index is 0.273. The number of para-hydroxylation sites is 1. The highest BCUT2D eigenvalue weighted by Gasteiger charge is 2.20. The summed E-state index contributed by atoms with van der Waals surface area (Å²) >= 11 is 0. The Kier molecular flexibility index (Phi) is 5.54. The second kappa shape index (κ2) is 8.21. The van der Waals surface area contributed by atoms with Crippen LogP contribution in [0, 0.1) is 6.92 Å². The van der Waals surface area contributed by atoms with Crippen LogP contribution in [0.25, 0.3) is 0 Å². The van der Waals surface area contributed by atoms with Gasteiger partial charge in [0.2, 0.25) is 0 Å². The van der Waals surface area contributed by atoms with Gasteiger partial charge in [-0.15, -0.1) is 0 Å². The average molecular weight is 348 g/mol. The molecule has 0 heterocycles. The van der Waals surface area contributed by atoms with Crippen molar-refractivity contribution in [3.05, 3.63) is 90.0 Å². The minimum atomic E-state index is -0.991. The molecule has 3 aromatic carbocycles. The highest BCUT2D eigenvalue weighted by atomic mass is 16.5. The van der Waals surface area contributed by atoms with Gasteiger partial charge >= 0.3 is 5.97 Å². The van der Waals surface area contributed by atoms with Gasteiger partial charge in [0.05, 0.1) is 0 Å². The van der Waals surface area contributed by atoms with Crippen LogP contribution < -0.4 is 9.47 Å². The standard InChI is InChI=1S/C22H20O4/c1-16-7-11-20(12-8-16)26-21(22(23)24)15-17-9-13-19(14-10-17)25-18-5-3-2-4-6-18/h2-14,21H,15H2,1H3,(H,23,24). The summed E-state index contributed by atoms with van der Waals surface area (Å²) in [5.41, 5.74) is 1.96. The molecule has 26 heavy (non-hydrogen) atoms. The molecule has 0 radical (unpaired) electrons. The van der Waals surface area contributed by atoms with Crippen LogP contribution in [-0.2, 0) is 11.2 Å². The predicted molar refractivity (Wildman–Crippen MR) is 99.9 cm³/mol. The molecule has 1 unspecified atom stereocenters. The Hall–Kier alpha value is -3.27. The van der Waals surface area contributed by atoms with Crippen molar-refractivity contribution in [3.63, 3.8) is 0 Å². The van der Waals surface area contributed by atoms with Crippen molar-refractivity contribution in [1.29, 1.82) is 0 Å². The lowest BCUT2D eigenvalue weighted by Gasteiger charge is -2.15. The summed E-state index contributed by atoms with van der Waals surface area (Å²) in [5.74, 6) is 1.01. The fraction of sp³-hybridized carbons (Fsp3) is 0.136. The van der Waals surface area contributed by atoms with E-state index in [2.05, 4.69) is 0 Å². The summed E-state index contributed by atoms with van der Waals surface area (Å²) in [7, 11) is 0. The molecule has 1 N–H and O–H groups in total. The smallest absolute Gasteiger partial charge is 0.345 e. The number of rotatable bonds is 7. The fourth-order valence-corrected chi connectivity index (χ4v) is 2.49. The van der Waals surface area contributed by atoms with Crippen molar-refractivity contribution in [2.75, 3.05) is 0 Å². The van der Waals surface area contributed by atoms with Gasteiger partial charge in [0.1, 0.15) is 17.2 Å². The van der Waals surface area contributed by atoms with Crippen LogP contribution in [-0.4, -0.2) is 17.2 Å². The van der Waals surface area contributed by atoms with E-state index in [0.717, 1.165) is 16.9 Å². The van der Waals surface area contributed by atoms with E-state index in [-0.39, 0.29) is 6.42 Å². The van der Waals surface area contributed by atoms with Crippen molar-refractivity contribution < 1.29 is 19.4 Å². The van der Waals surface area contributed by atoms with E-state index in [1.54, 1.807) is 12.1 Å². The van der Waals surface area contributed by atoms with Crippen molar-refractivity contribution in [2.24, 2.45) is 0 Å². The molecule has 0 bridgehead atoms. The van der Waals surface area contributed by atoms with Crippen molar-refractivity contribution >= 4 is 5.97 Å². The highest BCUT2D eigenvalue weighted by Crippen LogP contribution is 2.22. The van der Waals surface area contributed by atoms with Crippen molar-refractivity contribution in [1.82, 2.24) is 0 Å². The summed E-state index contributed by atoms with van der Waals surface area (Å²) in [6, 6.07) is 24.2. The van der Waals surface area contributed by atoms with Crippen LogP contribution in [0.5, 0.6) is 17.2 Å². The van der Waals surface area contributed by atoms with Gasteiger partial charge in [-0.3, -0.25) is 0 Å². The van der Waals surface area contributed by atoms with Crippen molar-refractivity contribution in [3.8, 4) is 17.2 Å². The molecule has 3 rings (SSSR count). The summed E-state index contributed by atoms with van der Waals surface area (Å²) in [6.07, 6.45) is -0.673. The van der Waals surface area contributed by atoms with E-state index in [4.69, 9.17) is 9.47 Å². The highest BCUT2D eigenvalue weighted by molar-refractivity contribution is 5.73. The average Bonchev–Trinajstić information content (AvgIpc) is 2.65. The second-order valence-corrected chi connectivity index (χ2v) is 6.02. The van der Waals surface area contributed by atoms with Gasteiger partial charge in [-0.2, -0.15) is 0 Å². The summed E-state index contributed by atoms with van der Waals surface area (Å²) in [4.78, 5) is 11.5. The van der Waals surface area contributed by atoms with Crippen LogP contribution in [0.1, 0.15) is 11.1 Å². The molecule has 4 nitrogen and oxygen atoms in total. The maximum absolute atomic E-state index is 11.5. The third kappa shape index (κ3) is 4.86. The lowest BCUT2D eigenvalue weighted by molar-refractivity contribution is -0.145. The quantitative estimate of drug-likeness (QED) is 0.662. The molecule has 0 amide bonds. The molecule has 0 aliphatic heterocycles. The van der Waals surface area contributed by atoms with Crippen LogP contribution in [0.3, 0.4) is 0 Å². The van der Waals surface area contributed by atoms with Gasteiger partial charge in [-0.1, -0.05) is 48.0 Å². The molecule has 1 atom stereocenters. The van der Waals surface area contributed by atoms with E-state index in [1.807, 2.05) is 73.7 Å². The SMILES string of the molecule is Cc1ccc(OC(Cc2ccc(Oc3ccccc3)cc2)C(=O)O)cc1. The van der Waals surface area contributed by atoms with E-state index >= 15 is 0 Å². The zero-order valence-electron chi connectivity index (χ0n) is 14.5. The first-order valence-corrected chi connectivity index (χ1v) is 8.38. The Morgan fingerprint density at radius 1 is 0.846 bits per heavy atom. The molecule has 4 heteroatoms. The number of ether oxygens (including phenoxy) is 2. The maximum Gasteiger partial charge on any atom is 0.345 e. The van der Waals surface area contributed by atoms with Crippen LogP contribution in [0.4, 0.5) is 0 Å². The zero-order valence-corrected chi connectivity index (χ0v) is 14.5. The van der Waals surface area contributed by atoms with Crippen molar-refractivity contribution in [2.45, 2.75) is 19.4 Å². The number of hydrogen-bond acceptors (Lipinski definition) is 3. The largest absolute Gasteiger partial charge is 0.478 e. The third-order valence-electron chi connectivity index (χ3n) is 3.90. The van der Waals surface area contributed by atoms with Gasteiger partial charge in [0.25, 0.3) is 0 Å². The fourth-order valence-electron chi connectivity index (χ4n) is 2.49. The molecule has 0 saturated carbocycles. The number of carbonyl (C=O) groups is 1. The van der Waals surface area contributed by atoms with E-state index in [1.165, 1.54) is 0 Å². The molecule has 0 aliphatic carbocycles. The number of aryl methyl sites for hydroxylation is 1. The Morgan fingerprint density at radius 3 is 2.04 bits per heavy atom.